The van der Waals surface area contributed by atoms with Gasteiger partial charge in [0.25, 0.3) is 0 Å². The molecule has 0 unspecified atom stereocenters. The predicted octanol–water partition coefficient (Wildman–Crippen LogP) is 6.29. The van der Waals surface area contributed by atoms with Gasteiger partial charge in [0.2, 0.25) is 5.89 Å². The van der Waals surface area contributed by atoms with Crippen LogP contribution in [-0.4, -0.2) is 4.98 Å². The van der Waals surface area contributed by atoms with Gasteiger partial charge in [-0.05, 0) is 54.4 Å². The van der Waals surface area contributed by atoms with Crippen molar-refractivity contribution < 1.29 is 9.15 Å². The molecule has 0 saturated carbocycles. The number of halogens is 1. The van der Waals surface area contributed by atoms with E-state index in [0.717, 1.165) is 34.4 Å². The van der Waals surface area contributed by atoms with Crippen molar-refractivity contribution in [2.45, 2.75) is 20.0 Å². The summed E-state index contributed by atoms with van der Waals surface area (Å²) in [5.74, 6) is 1.39. The van der Waals surface area contributed by atoms with Crippen LogP contribution >= 0.6 is 11.6 Å². The third kappa shape index (κ3) is 3.44. The Kier molecular flexibility index (Phi) is 4.63. The molecule has 4 aromatic rings. The second-order valence-corrected chi connectivity index (χ2v) is 6.49. The summed E-state index contributed by atoms with van der Waals surface area (Å²) in [6, 6.07) is 21.5. The standard InChI is InChI=1S/C22H18ClNO2/c1-2-15-7-12-21-20(13-15)24-22(26-21)16-8-10-18(11-9-16)25-14-17-5-3-4-6-19(17)23/h3-13H,2,14H2,1H3. The third-order valence-electron chi connectivity index (χ3n) is 4.31. The maximum Gasteiger partial charge on any atom is 0.227 e. The van der Waals surface area contributed by atoms with Crippen molar-refractivity contribution in [2.24, 2.45) is 0 Å². The Balaban J connectivity index is 1.51. The summed E-state index contributed by atoms with van der Waals surface area (Å²) >= 11 is 6.16. The molecule has 3 nitrogen and oxygen atoms in total. The van der Waals surface area contributed by atoms with Crippen LogP contribution in [0.2, 0.25) is 5.02 Å². The molecule has 1 heterocycles. The number of hydrogen-bond acceptors (Lipinski definition) is 3. The first-order chi connectivity index (χ1) is 12.7. The zero-order valence-electron chi connectivity index (χ0n) is 14.4. The molecule has 0 radical (unpaired) electrons. The highest BCUT2D eigenvalue weighted by atomic mass is 35.5. The van der Waals surface area contributed by atoms with E-state index in [1.165, 1.54) is 5.56 Å². The Morgan fingerprint density at radius 3 is 2.58 bits per heavy atom. The number of ether oxygens (including phenoxy) is 1. The summed E-state index contributed by atoms with van der Waals surface area (Å²) in [5.41, 5.74) is 4.82. The fourth-order valence-corrected chi connectivity index (χ4v) is 2.98. The normalized spacial score (nSPS) is 11.0. The number of nitrogens with zero attached hydrogens (tertiary/aromatic N) is 1. The van der Waals surface area contributed by atoms with Crippen LogP contribution < -0.4 is 4.74 Å². The molecule has 0 fully saturated rings. The summed E-state index contributed by atoms with van der Waals surface area (Å²) in [6.07, 6.45) is 0.982. The van der Waals surface area contributed by atoms with Crippen LogP contribution in [0.4, 0.5) is 0 Å². The predicted molar refractivity (Wildman–Crippen MR) is 105 cm³/mol. The molecule has 0 atom stereocenters. The average Bonchev–Trinajstić information content (AvgIpc) is 3.11. The molecule has 0 aliphatic carbocycles. The van der Waals surface area contributed by atoms with Crippen molar-refractivity contribution in [1.29, 1.82) is 0 Å². The third-order valence-corrected chi connectivity index (χ3v) is 4.68. The Morgan fingerprint density at radius 2 is 1.81 bits per heavy atom. The molecule has 4 rings (SSSR count). The molecule has 0 amide bonds. The van der Waals surface area contributed by atoms with Crippen molar-refractivity contribution in [3.05, 3.63) is 82.9 Å². The number of hydrogen-bond donors (Lipinski definition) is 0. The lowest BCUT2D eigenvalue weighted by Gasteiger charge is -2.07. The van der Waals surface area contributed by atoms with E-state index < -0.39 is 0 Å². The summed E-state index contributed by atoms with van der Waals surface area (Å²) in [4.78, 5) is 4.60. The van der Waals surface area contributed by atoms with Gasteiger partial charge in [0.1, 0.15) is 17.9 Å². The Hall–Kier alpha value is -2.78. The van der Waals surface area contributed by atoms with Gasteiger partial charge in [-0.1, -0.05) is 42.8 Å². The summed E-state index contributed by atoms with van der Waals surface area (Å²) in [5, 5.41) is 0.710. The van der Waals surface area contributed by atoms with Gasteiger partial charge in [-0.2, -0.15) is 0 Å². The van der Waals surface area contributed by atoms with Crippen molar-refractivity contribution in [3.8, 4) is 17.2 Å². The van der Waals surface area contributed by atoms with Crippen molar-refractivity contribution >= 4 is 22.7 Å². The molecule has 0 saturated heterocycles. The van der Waals surface area contributed by atoms with E-state index in [9.17, 15) is 0 Å². The maximum absolute atomic E-state index is 6.16. The van der Waals surface area contributed by atoms with Gasteiger partial charge in [0.15, 0.2) is 5.58 Å². The highest BCUT2D eigenvalue weighted by molar-refractivity contribution is 6.31. The largest absolute Gasteiger partial charge is 0.489 e. The van der Waals surface area contributed by atoms with Crippen LogP contribution in [0.1, 0.15) is 18.1 Å². The van der Waals surface area contributed by atoms with Crippen LogP contribution in [0.3, 0.4) is 0 Å². The van der Waals surface area contributed by atoms with Crippen LogP contribution in [0.25, 0.3) is 22.6 Å². The maximum atomic E-state index is 6.16. The number of oxazole rings is 1. The second-order valence-electron chi connectivity index (χ2n) is 6.08. The SMILES string of the molecule is CCc1ccc2oc(-c3ccc(OCc4ccccc4Cl)cc3)nc2c1. The molecule has 0 aliphatic heterocycles. The molecular formula is C22H18ClNO2. The van der Waals surface area contributed by atoms with Crippen LogP contribution in [0.5, 0.6) is 5.75 Å². The quantitative estimate of drug-likeness (QED) is 0.418. The van der Waals surface area contributed by atoms with Crippen LogP contribution in [-0.2, 0) is 13.0 Å². The molecule has 130 valence electrons. The zero-order valence-corrected chi connectivity index (χ0v) is 15.2. The lowest BCUT2D eigenvalue weighted by atomic mass is 10.1. The number of rotatable bonds is 5. The number of aryl methyl sites for hydroxylation is 1. The van der Waals surface area contributed by atoms with Gasteiger partial charge in [-0.25, -0.2) is 4.98 Å². The van der Waals surface area contributed by atoms with Gasteiger partial charge in [-0.3, -0.25) is 0 Å². The van der Waals surface area contributed by atoms with Gasteiger partial charge in [0, 0.05) is 16.1 Å². The minimum atomic E-state index is 0.432. The van der Waals surface area contributed by atoms with Crippen LogP contribution in [0.15, 0.2) is 71.1 Å². The molecular weight excluding hydrogens is 346 g/mol. The van der Waals surface area contributed by atoms with Crippen molar-refractivity contribution in [2.75, 3.05) is 0 Å². The molecule has 0 aliphatic rings. The zero-order chi connectivity index (χ0) is 17.9. The summed E-state index contributed by atoms with van der Waals surface area (Å²) < 4.78 is 11.7. The first kappa shape index (κ1) is 16.7. The highest BCUT2D eigenvalue weighted by Gasteiger charge is 2.09. The van der Waals surface area contributed by atoms with E-state index in [1.807, 2.05) is 54.6 Å². The molecule has 1 aromatic heterocycles. The average molecular weight is 364 g/mol. The topological polar surface area (TPSA) is 35.3 Å². The monoisotopic (exact) mass is 363 g/mol. The Morgan fingerprint density at radius 1 is 1.00 bits per heavy atom. The fraction of sp³-hybridized carbons (Fsp3) is 0.136. The molecule has 26 heavy (non-hydrogen) atoms. The lowest BCUT2D eigenvalue weighted by molar-refractivity contribution is 0.306. The number of benzene rings is 3. The Labute approximate surface area is 157 Å². The number of fused-ring (bicyclic) bond motifs is 1. The van der Waals surface area contributed by atoms with Gasteiger partial charge >= 0.3 is 0 Å². The highest BCUT2D eigenvalue weighted by Crippen LogP contribution is 2.27. The first-order valence-electron chi connectivity index (χ1n) is 8.59. The van der Waals surface area contributed by atoms with Crippen molar-refractivity contribution in [3.63, 3.8) is 0 Å². The second kappa shape index (κ2) is 7.22. The van der Waals surface area contributed by atoms with E-state index in [-0.39, 0.29) is 0 Å². The minimum Gasteiger partial charge on any atom is -0.489 e. The molecule has 0 N–H and O–H groups in total. The van der Waals surface area contributed by atoms with Gasteiger partial charge in [0.05, 0.1) is 0 Å². The van der Waals surface area contributed by atoms with E-state index in [0.29, 0.717) is 17.5 Å². The summed E-state index contributed by atoms with van der Waals surface area (Å²) in [7, 11) is 0. The van der Waals surface area contributed by atoms with Crippen LogP contribution in [0, 0.1) is 0 Å². The minimum absolute atomic E-state index is 0.432. The fourth-order valence-electron chi connectivity index (χ4n) is 2.79. The van der Waals surface area contributed by atoms with E-state index in [2.05, 4.69) is 24.0 Å². The van der Waals surface area contributed by atoms with Crippen molar-refractivity contribution in [1.82, 2.24) is 4.98 Å². The Bertz CT molecular complexity index is 1040. The molecule has 3 aromatic carbocycles. The van der Waals surface area contributed by atoms with E-state index in [4.69, 9.17) is 20.8 Å². The molecule has 4 heteroatoms. The van der Waals surface area contributed by atoms with Gasteiger partial charge < -0.3 is 9.15 Å². The molecule has 0 bridgehead atoms. The van der Waals surface area contributed by atoms with Gasteiger partial charge in [-0.15, -0.1) is 0 Å². The van der Waals surface area contributed by atoms with E-state index >= 15 is 0 Å². The first-order valence-corrected chi connectivity index (χ1v) is 8.97. The summed E-state index contributed by atoms with van der Waals surface area (Å²) in [6.45, 7) is 2.56. The molecule has 0 spiro atoms. The smallest absolute Gasteiger partial charge is 0.227 e. The number of aromatic nitrogens is 1. The lowest BCUT2D eigenvalue weighted by Crippen LogP contribution is -1.95. The van der Waals surface area contributed by atoms with E-state index in [1.54, 1.807) is 0 Å².